The predicted molar refractivity (Wildman–Crippen MR) is 157 cm³/mol. The molecular weight excluding hydrogens is 545 g/mol. The van der Waals surface area contributed by atoms with E-state index in [9.17, 15) is 23.6 Å². The van der Waals surface area contributed by atoms with Gasteiger partial charge in [-0.25, -0.2) is 14.2 Å². The number of anilines is 1. The molecule has 3 rings (SSSR count). The number of carbonyl (C=O) groups excluding carboxylic acids is 3. The molecule has 3 aromatic rings. The summed E-state index contributed by atoms with van der Waals surface area (Å²) >= 11 is 0. The van der Waals surface area contributed by atoms with Crippen molar-refractivity contribution in [1.29, 1.82) is 0 Å². The second kappa shape index (κ2) is 13.9. The third-order valence-electron chi connectivity index (χ3n) is 6.20. The van der Waals surface area contributed by atoms with Crippen molar-refractivity contribution in [2.45, 2.75) is 52.7 Å². The monoisotopic (exact) mass is 583 g/mol. The quantitative estimate of drug-likeness (QED) is 0.330. The molecule has 12 nitrogen and oxygen atoms in total. The minimum atomic E-state index is -1.22. The molecule has 2 N–H and O–H groups in total. The zero-order valence-corrected chi connectivity index (χ0v) is 25.0. The average Bonchev–Trinajstić information content (AvgIpc) is 3.34. The Kier molecular flexibility index (Phi) is 10.6. The maximum atomic E-state index is 14.5. The van der Waals surface area contributed by atoms with Gasteiger partial charge >= 0.3 is 6.09 Å². The highest BCUT2D eigenvalue weighted by atomic mass is 19.1. The van der Waals surface area contributed by atoms with E-state index in [1.165, 1.54) is 40.6 Å². The SMILES string of the molecule is Cc1cc(NC(=O)[C@H](CC/C=C/C(=O)N(C)C)OC(=O)N(C)C)c(=O)n(Cc2nc3c(F)cnc(CC(C)C)c3[nH]2)c1. The first-order valence-corrected chi connectivity index (χ1v) is 13.6. The summed E-state index contributed by atoms with van der Waals surface area (Å²) in [5.41, 5.74) is 1.44. The number of H-pyrrole nitrogens is 1. The van der Waals surface area contributed by atoms with E-state index in [0.29, 0.717) is 34.9 Å². The molecule has 13 heteroatoms. The Labute approximate surface area is 243 Å². The largest absolute Gasteiger partial charge is 0.436 e. The number of nitrogens with zero attached hydrogens (tertiary/aromatic N) is 5. The van der Waals surface area contributed by atoms with Gasteiger partial charge in [-0.2, -0.15) is 0 Å². The molecule has 1 atom stereocenters. The Morgan fingerprint density at radius 1 is 1.19 bits per heavy atom. The zero-order valence-electron chi connectivity index (χ0n) is 25.0. The minimum absolute atomic E-state index is 0.0115. The standard InChI is InChI=1S/C29H38FN7O5/c1-17(2)12-20-26-25(19(30)14-31-20)33-23(34-26)16-37-15-18(3)13-21(28(37)40)32-27(39)22(42-29(41)36(6)7)10-8-9-11-24(38)35(4)5/h9,11,13-15,17,22H,8,10,12,16H2,1-7H3,(H,32,39)(H,33,34)/b11-9+/t22-/m0/s1. The molecule has 0 spiro atoms. The van der Waals surface area contributed by atoms with E-state index in [-0.39, 0.29) is 36.5 Å². The van der Waals surface area contributed by atoms with Crippen molar-refractivity contribution in [3.05, 3.63) is 63.9 Å². The molecular formula is C29H38FN7O5. The Morgan fingerprint density at radius 3 is 2.55 bits per heavy atom. The summed E-state index contributed by atoms with van der Waals surface area (Å²) in [5.74, 6) is -0.837. The molecule has 0 radical (unpaired) electrons. The second-order valence-corrected chi connectivity index (χ2v) is 10.9. The third kappa shape index (κ3) is 8.24. The van der Waals surface area contributed by atoms with Crippen molar-refractivity contribution in [3.63, 3.8) is 0 Å². The number of aromatic amines is 1. The van der Waals surface area contributed by atoms with Crippen LogP contribution in [0, 0.1) is 18.7 Å². The van der Waals surface area contributed by atoms with E-state index in [4.69, 9.17) is 4.74 Å². The number of fused-ring (bicyclic) bond motifs is 1. The highest BCUT2D eigenvalue weighted by molar-refractivity contribution is 5.95. The van der Waals surface area contributed by atoms with Crippen molar-refractivity contribution in [3.8, 4) is 0 Å². The van der Waals surface area contributed by atoms with Gasteiger partial charge in [0, 0.05) is 34.4 Å². The van der Waals surface area contributed by atoms with Crippen LogP contribution in [0.25, 0.3) is 11.0 Å². The molecule has 3 heterocycles. The fraction of sp³-hybridized carbons (Fsp3) is 0.448. The smallest absolute Gasteiger partial charge is 0.410 e. The minimum Gasteiger partial charge on any atom is -0.436 e. The molecule has 3 aromatic heterocycles. The van der Waals surface area contributed by atoms with Crippen LogP contribution in [-0.2, 0) is 27.3 Å². The summed E-state index contributed by atoms with van der Waals surface area (Å²) in [5, 5.41) is 2.59. The number of nitrogens with one attached hydrogen (secondary N) is 2. The lowest BCUT2D eigenvalue weighted by Gasteiger charge is -2.20. The van der Waals surface area contributed by atoms with E-state index in [1.54, 1.807) is 33.3 Å². The molecule has 0 aromatic carbocycles. The molecule has 0 unspecified atom stereocenters. The molecule has 0 bridgehead atoms. The number of hydrogen-bond donors (Lipinski definition) is 2. The molecule has 0 fully saturated rings. The van der Waals surface area contributed by atoms with Crippen LogP contribution in [0.3, 0.4) is 0 Å². The first-order valence-electron chi connectivity index (χ1n) is 13.6. The van der Waals surface area contributed by atoms with Crippen LogP contribution in [0.2, 0.25) is 0 Å². The van der Waals surface area contributed by atoms with Crippen LogP contribution >= 0.6 is 0 Å². The molecule has 42 heavy (non-hydrogen) atoms. The van der Waals surface area contributed by atoms with Crippen LogP contribution in [-0.4, -0.2) is 81.5 Å². The molecule has 0 aliphatic heterocycles. The summed E-state index contributed by atoms with van der Waals surface area (Å²) in [6, 6.07) is 1.51. The van der Waals surface area contributed by atoms with E-state index in [0.717, 1.165) is 6.20 Å². The maximum absolute atomic E-state index is 14.5. The zero-order chi connectivity index (χ0) is 31.1. The number of pyridine rings is 2. The van der Waals surface area contributed by atoms with Gasteiger partial charge in [-0.15, -0.1) is 0 Å². The topological polar surface area (TPSA) is 143 Å². The van der Waals surface area contributed by atoms with Gasteiger partial charge < -0.3 is 29.4 Å². The molecule has 226 valence electrons. The summed E-state index contributed by atoms with van der Waals surface area (Å²) in [6.07, 6.45) is 4.73. The number of rotatable bonds is 11. The summed E-state index contributed by atoms with van der Waals surface area (Å²) in [4.78, 5) is 64.9. The van der Waals surface area contributed by atoms with Crippen molar-refractivity contribution in [2.24, 2.45) is 5.92 Å². The van der Waals surface area contributed by atoms with Gasteiger partial charge in [0.15, 0.2) is 11.9 Å². The van der Waals surface area contributed by atoms with E-state index in [2.05, 4.69) is 20.3 Å². The third-order valence-corrected chi connectivity index (χ3v) is 6.20. The molecule has 3 amide bonds. The number of allylic oxidation sites excluding steroid dienone is 1. The van der Waals surface area contributed by atoms with E-state index >= 15 is 0 Å². The van der Waals surface area contributed by atoms with Gasteiger partial charge in [-0.05, 0) is 49.8 Å². The van der Waals surface area contributed by atoms with Gasteiger partial charge in [-0.1, -0.05) is 19.9 Å². The normalized spacial score (nSPS) is 12.1. The Hall–Kier alpha value is -4.55. The summed E-state index contributed by atoms with van der Waals surface area (Å²) < 4.78 is 21.2. The number of aromatic nitrogens is 4. The highest BCUT2D eigenvalue weighted by Crippen LogP contribution is 2.21. The maximum Gasteiger partial charge on any atom is 0.410 e. The van der Waals surface area contributed by atoms with Crippen molar-refractivity contribution in [1.82, 2.24) is 29.3 Å². The predicted octanol–water partition coefficient (Wildman–Crippen LogP) is 3.24. The number of halogens is 1. The van der Waals surface area contributed by atoms with Gasteiger partial charge in [0.1, 0.15) is 17.0 Å². The Bertz CT molecular complexity index is 1540. The lowest BCUT2D eigenvalue weighted by atomic mass is 10.1. The van der Waals surface area contributed by atoms with Crippen LogP contribution < -0.4 is 10.9 Å². The number of imidazole rings is 1. The molecule has 0 aliphatic rings. The van der Waals surface area contributed by atoms with Crippen molar-refractivity contribution >= 4 is 34.6 Å². The van der Waals surface area contributed by atoms with Gasteiger partial charge in [-0.3, -0.25) is 19.4 Å². The Morgan fingerprint density at radius 2 is 1.90 bits per heavy atom. The van der Waals surface area contributed by atoms with E-state index in [1.807, 2.05) is 13.8 Å². The Balaban J connectivity index is 1.85. The number of amides is 3. The number of ether oxygens (including phenoxy) is 1. The van der Waals surface area contributed by atoms with Crippen LogP contribution in [0.15, 0.2) is 35.4 Å². The van der Waals surface area contributed by atoms with Crippen LogP contribution in [0.1, 0.15) is 43.8 Å². The lowest BCUT2D eigenvalue weighted by Crippen LogP contribution is -2.37. The fourth-order valence-corrected chi connectivity index (χ4v) is 4.10. The summed E-state index contributed by atoms with van der Waals surface area (Å²) in [7, 11) is 6.20. The number of likely N-dealkylation sites (N-methyl/N-ethyl adjacent to an activating group) is 1. The first kappa shape index (κ1) is 32.0. The average molecular weight is 584 g/mol. The lowest BCUT2D eigenvalue weighted by molar-refractivity contribution is -0.125. The first-order chi connectivity index (χ1) is 19.8. The summed E-state index contributed by atoms with van der Waals surface area (Å²) in [6.45, 7) is 5.81. The second-order valence-electron chi connectivity index (χ2n) is 10.9. The van der Waals surface area contributed by atoms with Crippen molar-refractivity contribution in [2.75, 3.05) is 33.5 Å². The molecule has 0 aliphatic carbocycles. The fourth-order valence-electron chi connectivity index (χ4n) is 4.10. The molecule has 0 saturated heterocycles. The highest BCUT2D eigenvalue weighted by Gasteiger charge is 2.25. The number of aryl methyl sites for hydroxylation is 1. The number of hydrogen-bond acceptors (Lipinski definition) is 7. The molecule has 0 saturated carbocycles. The van der Waals surface area contributed by atoms with E-state index < -0.39 is 29.5 Å². The van der Waals surface area contributed by atoms with Gasteiger partial charge in [0.05, 0.1) is 24.0 Å². The van der Waals surface area contributed by atoms with Crippen molar-refractivity contribution < 1.29 is 23.5 Å². The van der Waals surface area contributed by atoms with Crippen LogP contribution in [0.5, 0.6) is 0 Å². The van der Waals surface area contributed by atoms with Gasteiger partial charge in [0.2, 0.25) is 5.91 Å². The van der Waals surface area contributed by atoms with Crippen LogP contribution in [0.4, 0.5) is 14.9 Å². The number of carbonyl (C=O) groups is 3. The van der Waals surface area contributed by atoms with Gasteiger partial charge in [0.25, 0.3) is 11.5 Å².